The molecule has 1 saturated heterocycles. The monoisotopic (exact) mass is 429 g/mol. The van der Waals surface area contributed by atoms with Crippen LogP contribution in [0.15, 0.2) is 84.1 Å². The van der Waals surface area contributed by atoms with Crippen LogP contribution in [-0.4, -0.2) is 57.3 Å². The summed E-state index contributed by atoms with van der Waals surface area (Å²) in [4.78, 5) is 26.3. The summed E-state index contributed by atoms with van der Waals surface area (Å²) in [6, 6.07) is 24.2. The number of carbonyl (C=O) groups is 1. The summed E-state index contributed by atoms with van der Waals surface area (Å²) in [5, 5.41) is 0.841. The van der Waals surface area contributed by atoms with E-state index in [0.29, 0.717) is 18.8 Å². The van der Waals surface area contributed by atoms with Crippen LogP contribution in [0.25, 0.3) is 16.7 Å². The van der Waals surface area contributed by atoms with Crippen LogP contribution in [0.2, 0.25) is 0 Å². The number of nitrogens with zero attached hydrogens (tertiary/aromatic N) is 5. The molecule has 7 heteroatoms. The minimum absolute atomic E-state index is 0.150. The molecule has 1 amide bonds. The van der Waals surface area contributed by atoms with Crippen LogP contribution in [0.5, 0.6) is 0 Å². The van der Waals surface area contributed by atoms with Gasteiger partial charge in [-0.2, -0.15) is 0 Å². The molecule has 0 N–H and O–H groups in total. The van der Waals surface area contributed by atoms with Crippen LogP contribution in [0.1, 0.15) is 0 Å². The highest BCUT2D eigenvalue weighted by Crippen LogP contribution is 2.28. The van der Waals surface area contributed by atoms with E-state index in [1.807, 2.05) is 65.7 Å². The molecule has 1 aliphatic rings. The minimum Gasteiger partial charge on any atom is -0.353 e. The third kappa shape index (κ3) is 4.14. The molecule has 0 bridgehead atoms. The van der Waals surface area contributed by atoms with Crippen LogP contribution in [0.4, 0.5) is 5.82 Å². The van der Waals surface area contributed by atoms with Gasteiger partial charge in [-0.05, 0) is 36.4 Å². The summed E-state index contributed by atoms with van der Waals surface area (Å²) < 4.78 is 2.13. The second kappa shape index (κ2) is 8.81. The Labute approximate surface area is 185 Å². The van der Waals surface area contributed by atoms with Crippen LogP contribution in [0.3, 0.4) is 0 Å². The van der Waals surface area contributed by atoms with Gasteiger partial charge in [0.2, 0.25) is 5.91 Å². The van der Waals surface area contributed by atoms with Gasteiger partial charge < -0.3 is 9.80 Å². The fourth-order valence-electron chi connectivity index (χ4n) is 3.87. The van der Waals surface area contributed by atoms with Gasteiger partial charge in [-0.1, -0.05) is 48.2 Å². The molecule has 156 valence electrons. The number of para-hydroxylation sites is 3. The van der Waals surface area contributed by atoms with Crippen LogP contribution < -0.4 is 4.90 Å². The van der Waals surface area contributed by atoms with Gasteiger partial charge >= 0.3 is 0 Å². The van der Waals surface area contributed by atoms with Crippen molar-refractivity contribution < 1.29 is 4.79 Å². The Kier molecular flexibility index (Phi) is 5.58. The molecule has 0 spiro atoms. The number of rotatable bonds is 5. The fourth-order valence-corrected chi connectivity index (χ4v) is 4.80. The number of fused-ring (bicyclic) bond motifs is 1. The molecular formula is C24H23N5OS. The molecule has 0 aliphatic carbocycles. The molecule has 6 nitrogen and oxygen atoms in total. The lowest BCUT2D eigenvalue weighted by molar-refractivity contribution is -0.128. The predicted octanol–water partition coefficient (Wildman–Crippen LogP) is 3.86. The highest BCUT2D eigenvalue weighted by molar-refractivity contribution is 7.99. The first-order chi connectivity index (χ1) is 15.3. The zero-order chi connectivity index (χ0) is 21.0. The Bertz CT molecular complexity index is 1170. The van der Waals surface area contributed by atoms with Crippen molar-refractivity contribution in [1.82, 2.24) is 19.4 Å². The van der Waals surface area contributed by atoms with Crippen molar-refractivity contribution in [1.29, 1.82) is 0 Å². The molecule has 2 aromatic heterocycles. The largest absolute Gasteiger partial charge is 0.353 e. The van der Waals surface area contributed by atoms with Gasteiger partial charge in [0, 0.05) is 38.1 Å². The lowest BCUT2D eigenvalue weighted by Gasteiger charge is -2.35. The summed E-state index contributed by atoms with van der Waals surface area (Å²) in [5.74, 6) is 1.50. The standard InChI is InChI=1S/C24H23N5OS/c30-23(28-16-14-27(15-17-28)22-12-6-7-13-25-22)18-31-24-26-20-10-4-5-11-21(20)29(24)19-8-2-1-3-9-19/h1-13H,14-18H2. The topological polar surface area (TPSA) is 54.3 Å². The first-order valence-electron chi connectivity index (χ1n) is 10.4. The Morgan fingerprint density at radius 1 is 0.871 bits per heavy atom. The van der Waals surface area contributed by atoms with Crippen molar-refractivity contribution in [3.8, 4) is 5.69 Å². The van der Waals surface area contributed by atoms with Crippen molar-refractivity contribution in [3.05, 3.63) is 79.0 Å². The van der Waals surface area contributed by atoms with E-state index in [-0.39, 0.29) is 5.91 Å². The molecule has 2 aromatic carbocycles. The molecule has 0 atom stereocenters. The number of amides is 1. The molecule has 0 unspecified atom stereocenters. The number of pyridine rings is 1. The SMILES string of the molecule is O=C(CSc1nc2ccccc2n1-c1ccccc1)N1CCN(c2ccccn2)CC1. The number of hydrogen-bond donors (Lipinski definition) is 0. The zero-order valence-corrected chi connectivity index (χ0v) is 17.9. The third-order valence-corrected chi connectivity index (χ3v) is 6.40. The van der Waals surface area contributed by atoms with Crippen molar-refractivity contribution in [2.45, 2.75) is 5.16 Å². The summed E-state index contributed by atoms with van der Waals surface area (Å²) >= 11 is 1.50. The van der Waals surface area contributed by atoms with Gasteiger partial charge in [-0.15, -0.1) is 0 Å². The van der Waals surface area contributed by atoms with Crippen molar-refractivity contribution in [2.24, 2.45) is 0 Å². The number of carbonyl (C=O) groups excluding carboxylic acids is 1. The normalized spacial score (nSPS) is 14.2. The number of benzene rings is 2. The van der Waals surface area contributed by atoms with E-state index in [0.717, 1.165) is 40.8 Å². The van der Waals surface area contributed by atoms with Gasteiger partial charge in [0.15, 0.2) is 5.16 Å². The van der Waals surface area contributed by atoms with Crippen molar-refractivity contribution >= 4 is 34.5 Å². The van der Waals surface area contributed by atoms with Gasteiger partial charge in [-0.25, -0.2) is 9.97 Å². The minimum atomic E-state index is 0.150. The van der Waals surface area contributed by atoms with Crippen molar-refractivity contribution in [2.75, 3.05) is 36.8 Å². The maximum atomic E-state index is 12.9. The van der Waals surface area contributed by atoms with E-state index >= 15 is 0 Å². The molecule has 1 aliphatic heterocycles. The molecule has 31 heavy (non-hydrogen) atoms. The van der Waals surface area contributed by atoms with E-state index < -0.39 is 0 Å². The van der Waals surface area contributed by atoms with Crippen LogP contribution >= 0.6 is 11.8 Å². The Morgan fingerprint density at radius 2 is 1.61 bits per heavy atom. The van der Waals surface area contributed by atoms with Gasteiger partial charge in [-0.3, -0.25) is 9.36 Å². The summed E-state index contributed by atoms with van der Waals surface area (Å²) in [5.41, 5.74) is 3.04. The summed E-state index contributed by atoms with van der Waals surface area (Å²) in [6.07, 6.45) is 1.81. The number of hydrogen-bond acceptors (Lipinski definition) is 5. The molecule has 1 fully saturated rings. The molecule has 3 heterocycles. The van der Waals surface area contributed by atoms with E-state index in [4.69, 9.17) is 4.98 Å². The Balaban J connectivity index is 1.28. The predicted molar refractivity (Wildman–Crippen MR) is 125 cm³/mol. The van der Waals surface area contributed by atoms with Crippen molar-refractivity contribution in [3.63, 3.8) is 0 Å². The quantitative estimate of drug-likeness (QED) is 0.451. The third-order valence-electron chi connectivity index (χ3n) is 5.47. The van der Waals surface area contributed by atoms with Crippen LogP contribution in [0, 0.1) is 0 Å². The van der Waals surface area contributed by atoms with E-state index in [1.165, 1.54) is 11.8 Å². The highest BCUT2D eigenvalue weighted by Gasteiger charge is 2.23. The van der Waals surface area contributed by atoms with E-state index in [2.05, 4.69) is 32.7 Å². The number of anilines is 1. The molecule has 4 aromatic rings. The summed E-state index contributed by atoms with van der Waals surface area (Å²) in [6.45, 7) is 3.03. The molecule has 0 radical (unpaired) electrons. The maximum Gasteiger partial charge on any atom is 0.233 e. The first-order valence-corrected chi connectivity index (χ1v) is 11.4. The van der Waals surface area contributed by atoms with Crippen LogP contribution in [-0.2, 0) is 4.79 Å². The average molecular weight is 430 g/mol. The van der Waals surface area contributed by atoms with Gasteiger partial charge in [0.25, 0.3) is 0 Å². The van der Waals surface area contributed by atoms with E-state index in [9.17, 15) is 4.79 Å². The Hall–Kier alpha value is -3.32. The molecule has 5 rings (SSSR count). The fraction of sp³-hybridized carbons (Fsp3) is 0.208. The number of imidazole rings is 1. The second-order valence-electron chi connectivity index (χ2n) is 7.40. The lowest BCUT2D eigenvalue weighted by Crippen LogP contribution is -2.49. The Morgan fingerprint density at radius 3 is 2.39 bits per heavy atom. The molecule has 0 saturated carbocycles. The van der Waals surface area contributed by atoms with Gasteiger partial charge in [0.1, 0.15) is 5.82 Å². The highest BCUT2D eigenvalue weighted by atomic mass is 32.2. The second-order valence-corrected chi connectivity index (χ2v) is 8.34. The number of thioether (sulfide) groups is 1. The number of piperazine rings is 1. The first kappa shape index (κ1) is 19.6. The zero-order valence-electron chi connectivity index (χ0n) is 17.1. The average Bonchev–Trinajstić information content (AvgIpc) is 3.22. The number of aromatic nitrogens is 3. The smallest absolute Gasteiger partial charge is 0.233 e. The van der Waals surface area contributed by atoms with E-state index in [1.54, 1.807) is 0 Å². The maximum absolute atomic E-state index is 12.9. The van der Waals surface area contributed by atoms with Gasteiger partial charge in [0.05, 0.1) is 16.8 Å². The lowest BCUT2D eigenvalue weighted by atomic mass is 10.3. The summed E-state index contributed by atoms with van der Waals surface area (Å²) in [7, 11) is 0. The molecular weight excluding hydrogens is 406 g/mol.